The molecule has 1 aromatic rings. The van der Waals surface area contributed by atoms with E-state index in [0.29, 0.717) is 6.42 Å². The highest BCUT2D eigenvalue weighted by Gasteiger charge is 2.59. The van der Waals surface area contributed by atoms with E-state index < -0.39 is 10.8 Å². The fourth-order valence-electron chi connectivity index (χ4n) is 5.71. The van der Waals surface area contributed by atoms with E-state index in [4.69, 9.17) is 14.2 Å². The molecular weight excluding hydrogens is 428 g/mol. The van der Waals surface area contributed by atoms with Crippen molar-refractivity contribution in [2.24, 2.45) is 28.1 Å². The summed E-state index contributed by atoms with van der Waals surface area (Å²) in [6.07, 6.45) is 3.85. The number of fused-ring (bicyclic) bond motifs is 1. The second-order valence-electron chi connectivity index (χ2n) is 12.3. The first-order chi connectivity index (χ1) is 15.7. The summed E-state index contributed by atoms with van der Waals surface area (Å²) in [6.45, 7) is 17.7. The summed E-state index contributed by atoms with van der Waals surface area (Å²) in [5.74, 6) is 0.725. The van der Waals surface area contributed by atoms with Gasteiger partial charge in [-0.1, -0.05) is 25.1 Å². The van der Waals surface area contributed by atoms with E-state index in [9.17, 15) is 9.59 Å². The lowest BCUT2D eigenvalue weighted by atomic mass is 9.57. The number of methoxy groups -OCH3 is 1. The van der Waals surface area contributed by atoms with Gasteiger partial charge in [-0.2, -0.15) is 0 Å². The molecule has 0 aromatic heterocycles. The largest absolute Gasteiger partial charge is 0.497 e. The zero-order valence-corrected chi connectivity index (χ0v) is 22.1. The molecule has 0 saturated heterocycles. The summed E-state index contributed by atoms with van der Waals surface area (Å²) in [5, 5.41) is 0. The molecule has 5 heteroatoms. The van der Waals surface area contributed by atoms with Crippen molar-refractivity contribution in [3.63, 3.8) is 0 Å². The predicted octanol–water partition coefficient (Wildman–Crippen LogP) is 6.32. The Labute approximate surface area is 205 Å². The van der Waals surface area contributed by atoms with E-state index in [1.807, 2.05) is 59.8 Å². The van der Waals surface area contributed by atoms with E-state index >= 15 is 0 Å². The van der Waals surface area contributed by atoms with Crippen molar-refractivity contribution >= 4 is 11.9 Å². The lowest BCUT2D eigenvalue weighted by molar-refractivity contribution is -0.178. The summed E-state index contributed by atoms with van der Waals surface area (Å²) in [6, 6.07) is 8.03. The minimum atomic E-state index is -0.611. The van der Waals surface area contributed by atoms with Gasteiger partial charge >= 0.3 is 11.9 Å². The Kier molecular flexibility index (Phi) is 7.27. The molecule has 0 bridgehead atoms. The van der Waals surface area contributed by atoms with Gasteiger partial charge in [-0.25, -0.2) is 0 Å². The maximum Gasteiger partial charge on any atom is 0.311 e. The van der Waals surface area contributed by atoms with Crippen LogP contribution in [-0.2, 0) is 19.1 Å². The molecule has 2 saturated carbocycles. The van der Waals surface area contributed by atoms with Gasteiger partial charge in [0.1, 0.15) is 18.0 Å². The third kappa shape index (κ3) is 5.04. The zero-order valence-electron chi connectivity index (χ0n) is 22.1. The molecule has 3 rings (SSSR count). The molecule has 0 N–H and O–H groups in total. The molecule has 0 heterocycles. The van der Waals surface area contributed by atoms with E-state index in [1.165, 1.54) is 0 Å². The third-order valence-electron chi connectivity index (χ3n) is 7.75. The molecule has 0 spiro atoms. The van der Waals surface area contributed by atoms with Crippen molar-refractivity contribution in [2.45, 2.75) is 85.9 Å². The van der Waals surface area contributed by atoms with Crippen LogP contribution in [0.15, 0.2) is 36.9 Å². The van der Waals surface area contributed by atoms with Gasteiger partial charge in [0.15, 0.2) is 0 Å². The topological polar surface area (TPSA) is 61.8 Å². The summed E-state index contributed by atoms with van der Waals surface area (Å²) >= 11 is 0. The van der Waals surface area contributed by atoms with Gasteiger partial charge in [0.25, 0.3) is 0 Å². The number of carbonyl (C=O) groups is 2. The molecule has 5 nitrogen and oxygen atoms in total. The SMILES string of the molecule is C=C[C@@H]1[C@@H](c2ccc(OC)cc2)[C@H](OC(=O)C(C)(C)C)C[C@]2(C)[C@@H](OC(=O)C(C)(C)C)CC[C@@H]12. The fourth-order valence-corrected chi connectivity index (χ4v) is 5.71. The molecule has 0 radical (unpaired) electrons. The van der Waals surface area contributed by atoms with Crippen LogP contribution in [0.4, 0.5) is 0 Å². The Morgan fingerprint density at radius 3 is 2.03 bits per heavy atom. The average Bonchev–Trinajstić information content (AvgIpc) is 3.07. The Morgan fingerprint density at radius 1 is 0.971 bits per heavy atom. The normalized spacial score (nSPS) is 31.4. The average molecular weight is 471 g/mol. The Hall–Kier alpha value is -2.30. The summed E-state index contributed by atoms with van der Waals surface area (Å²) in [7, 11) is 1.65. The van der Waals surface area contributed by atoms with Crippen molar-refractivity contribution in [1.29, 1.82) is 0 Å². The second kappa shape index (κ2) is 9.39. The Balaban J connectivity index is 2.01. The summed E-state index contributed by atoms with van der Waals surface area (Å²) < 4.78 is 17.7. The van der Waals surface area contributed by atoms with Crippen molar-refractivity contribution in [3.05, 3.63) is 42.5 Å². The molecule has 188 valence electrons. The van der Waals surface area contributed by atoms with Gasteiger partial charge in [-0.15, -0.1) is 6.58 Å². The monoisotopic (exact) mass is 470 g/mol. The van der Waals surface area contributed by atoms with Crippen LogP contribution in [0.3, 0.4) is 0 Å². The van der Waals surface area contributed by atoms with Crippen LogP contribution in [0.5, 0.6) is 5.75 Å². The van der Waals surface area contributed by atoms with Crippen LogP contribution in [0.1, 0.15) is 79.2 Å². The van der Waals surface area contributed by atoms with Crippen molar-refractivity contribution < 1.29 is 23.8 Å². The molecule has 0 unspecified atom stereocenters. The molecule has 2 aliphatic carbocycles. The second-order valence-corrected chi connectivity index (χ2v) is 12.3. The molecule has 1 aromatic carbocycles. The van der Waals surface area contributed by atoms with Crippen LogP contribution in [-0.4, -0.2) is 31.3 Å². The molecule has 6 atom stereocenters. The minimum Gasteiger partial charge on any atom is -0.497 e. The van der Waals surface area contributed by atoms with Crippen LogP contribution < -0.4 is 4.74 Å². The van der Waals surface area contributed by atoms with Crippen molar-refractivity contribution in [2.75, 3.05) is 7.11 Å². The predicted molar refractivity (Wildman–Crippen MR) is 134 cm³/mol. The van der Waals surface area contributed by atoms with Crippen molar-refractivity contribution in [1.82, 2.24) is 0 Å². The maximum atomic E-state index is 13.0. The number of carbonyl (C=O) groups excluding carboxylic acids is 2. The first-order valence-electron chi connectivity index (χ1n) is 12.4. The maximum absolute atomic E-state index is 13.0. The standard InChI is InChI=1S/C29H42O5/c1-10-20-21-15-16-23(34-26(31)28(5,6)7)29(21,8)17-22(33-25(30)27(2,3)4)24(20)18-11-13-19(32-9)14-12-18/h10-14,20-24H,1,15-17H2,2-9H3/t20-,21-,22+,23-,24+,29-/m0/s1. The highest BCUT2D eigenvalue weighted by atomic mass is 16.6. The third-order valence-corrected chi connectivity index (χ3v) is 7.75. The van der Waals surface area contributed by atoms with Gasteiger partial charge in [0.05, 0.1) is 17.9 Å². The molecule has 0 amide bonds. The smallest absolute Gasteiger partial charge is 0.311 e. The molecule has 2 fully saturated rings. The number of allylic oxidation sites excluding steroid dienone is 1. The minimum absolute atomic E-state index is 0.0233. The highest BCUT2D eigenvalue weighted by Crippen LogP contribution is 2.60. The van der Waals surface area contributed by atoms with Gasteiger partial charge in [-0.3, -0.25) is 9.59 Å². The summed E-state index contributed by atoms with van der Waals surface area (Å²) in [4.78, 5) is 25.8. The lowest BCUT2D eigenvalue weighted by Crippen LogP contribution is -2.51. The zero-order chi connectivity index (χ0) is 25.5. The fraction of sp³-hybridized carbons (Fsp3) is 0.655. The quantitative estimate of drug-likeness (QED) is 0.372. The Morgan fingerprint density at radius 2 is 1.53 bits per heavy atom. The number of benzene rings is 1. The van der Waals surface area contributed by atoms with Crippen LogP contribution in [0.2, 0.25) is 0 Å². The molecule has 2 aliphatic rings. The molecular formula is C29H42O5. The van der Waals surface area contributed by atoms with Gasteiger partial charge in [-0.05, 0) is 90.3 Å². The summed E-state index contributed by atoms with van der Waals surface area (Å²) in [5.41, 5.74) is -0.370. The first-order valence-corrected chi connectivity index (χ1v) is 12.4. The van der Waals surface area contributed by atoms with Crippen LogP contribution in [0.25, 0.3) is 0 Å². The molecule has 34 heavy (non-hydrogen) atoms. The van der Waals surface area contributed by atoms with E-state index in [1.54, 1.807) is 7.11 Å². The highest BCUT2D eigenvalue weighted by molar-refractivity contribution is 5.76. The number of hydrogen-bond acceptors (Lipinski definition) is 5. The van der Waals surface area contributed by atoms with Gasteiger partial charge < -0.3 is 14.2 Å². The molecule has 0 aliphatic heterocycles. The van der Waals surface area contributed by atoms with E-state index in [2.05, 4.69) is 25.6 Å². The lowest BCUT2D eigenvalue weighted by Gasteiger charge is -2.51. The number of rotatable bonds is 5. The van der Waals surface area contributed by atoms with Crippen LogP contribution >= 0.6 is 0 Å². The van der Waals surface area contributed by atoms with Gasteiger partial charge in [0, 0.05) is 11.3 Å². The number of ether oxygens (including phenoxy) is 3. The number of hydrogen-bond donors (Lipinski definition) is 0. The van der Waals surface area contributed by atoms with Crippen molar-refractivity contribution in [3.8, 4) is 5.75 Å². The van der Waals surface area contributed by atoms with E-state index in [-0.39, 0.29) is 47.3 Å². The number of esters is 2. The first kappa shape index (κ1) is 26.3. The van der Waals surface area contributed by atoms with E-state index in [0.717, 1.165) is 24.2 Å². The Bertz CT molecular complexity index is 904. The van der Waals surface area contributed by atoms with Crippen LogP contribution in [0, 0.1) is 28.1 Å². The van der Waals surface area contributed by atoms with Gasteiger partial charge in [0.2, 0.25) is 0 Å².